The van der Waals surface area contributed by atoms with Crippen LogP contribution in [0.2, 0.25) is 0 Å². The van der Waals surface area contributed by atoms with Gasteiger partial charge in [-0.05, 0) is 12.1 Å². The average molecular weight is 481 g/mol. The van der Waals surface area contributed by atoms with E-state index in [0.29, 0.717) is 11.1 Å². The second-order valence-electron chi connectivity index (χ2n) is 6.88. The summed E-state index contributed by atoms with van der Waals surface area (Å²) in [6.45, 7) is 12.0. The minimum absolute atomic E-state index is 0.681. The zero-order chi connectivity index (χ0) is 24.5. The van der Waals surface area contributed by atoms with Crippen molar-refractivity contribution in [2.24, 2.45) is 0 Å². The summed E-state index contributed by atoms with van der Waals surface area (Å²) >= 11 is 3.36. The van der Waals surface area contributed by atoms with Crippen LogP contribution < -0.4 is 0 Å². The Morgan fingerprint density at radius 3 is 1.26 bits per heavy atom. The molecule has 0 amide bonds. The number of thiophene rings is 2. The van der Waals surface area contributed by atoms with Gasteiger partial charge in [-0.1, -0.05) is 72.8 Å². The van der Waals surface area contributed by atoms with Crippen LogP contribution in [0.25, 0.3) is 40.3 Å². The SMILES string of the molecule is C=C.C=C.O=Cc1cccc2c1sc1c(C=O)cccc12.c1ccc2c(c1)sc1ccccc12. The topological polar surface area (TPSA) is 34.1 Å². The Morgan fingerprint density at radius 1 is 0.471 bits per heavy atom. The van der Waals surface area contributed by atoms with Crippen molar-refractivity contribution in [3.63, 3.8) is 0 Å². The van der Waals surface area contributed by atoms with E-state index in [9.17, 15) is 9.59 Å². The number of aldehydes is 2. The molecule has 0 radical (unpaired) electrons. The molecule has 0 N–H and O–H groups in total. The smallest absolute Gasteiger partial charge is 0.151 e. The zero-order valence-electron chi connectivity index (χ0n) is 18.7. The molecule has 6 rings (SSSR count). The Morgan fingerprint density at radius 2 is 0.853 bits per heavy atom. The first-order chi connectivity index (χ1) is 16.8. The standard InChI is InChI=1S/C14H8O2S.C12H8S.2C2H4/c15-7-9-3-1-5-11-12-6-2-4-10(8-16)14(12)17-13(9)11;1-3-7-11-9(5-1)10-6-2-4-8-12(10)13-11;2*1-2/h1-8H;1-8H;2*1-2H2. The van der Waals surface area contributed by atoms with E-state index >= 15 is 0 Å². The lowest BCUT2D eigenvalue weighted by Crippen LogP contribution is -1.78. The summed E-state index contributed by atoms with van der Waals surface area (Å²) in [5.41, 5.74) is 1.36. The van der Waals surface area contributed by atoms with Gasteiger partial charge in [0.05, 0.1) is 0 Å². The van der Waals surface area contributed by atoms with Crippen LogP contribution in [-0.4, -0.2) is 12.6 Å². The third kappa shape index (κ3) is 4.74. The minimum Gasteiger partial charge on any atom is -0.298 e. The number of rotatable bonds is 2. The molecule has 0 atom stereocenters. The lowest BCUT2D eigenvalue weighted by molar-refractivity contribution is 0.111. The second-order valence-corrected chi connectivity index (χ2v) is 8.98. The highest BCUT2D eigenvalue weighted by Gasteiger charge is 2.10. The van der Waals surface area contributed by atoms with Gasteiger partial charge in [0, 0.05) is 51.5 Å². The monoisotopic (exact) mass is 480 g/mol. The largest absolute Gasteiger partial charge is 0.298 e. The molecule has 0 aliphatic heterocycles. The Balaban J connectivity index is 0.000000170. The quantitative estimate of drug-likeness (QED) is 0.183. The molecule has 34 heavy (non-hydrogen) atoms. The first kappa shape index (κ1) is 24.8. The van der Waals surface area contributed by atoms with E-state index in [1.807, 2.05) is 35.6 Å². The molecular formula is C30H24O2S2. The molecule has 4 heteroatoms. The van der Waals surface area contributed by atoms with E-state index in [4.69, 9.17) is 0 Å². The number of fused-ring (bicyclic) bond motifs is 6. The van der Waals surface area contributed by atoms with Gasteiger partial charge in [0.15, 0.2) is 12.6 Å². The van der Waals surface area contributed by atoms with Crippen LogP contribution in [0.15, 0.2) is 111 Å². The molecule has 0 unspecified atom stereocenters. The lowest BCUT2D eigenvalue weighted by Gasteiger charge is -1.93. The van der Waals surface area contributed by atoms with Crippen molar-refractivity contribution in [3.05, 3.63) is 122 Å². The highest BCUT2D eigenvalue weighted by molar-refractivity contribution is 7.26. The van der Waals surface area contributed by atoms with Gasteiger partial charge in [0.2, 0.25) is 0 Å². The van der Waals surface area contributed by atoms with E-state index in [2.05, 4.69) is 74.8 Å². The first-order valence-corrected chi connectivity index (χ1v) is 12.1. The second kappa shape index (κ2) is 11.8. The van der Waals surface area contributed by atoms with E-state index in [-0.39, 0.29) is 0 Å². The van der Waals surface area contributed by atoms with Gasteiger partial charge in [0.25, 0.3) is 0 Å². The molecule has 0 aliphatic rings. The predicted molar refractivity (Wildman–Crippen MR) is 152 cm³/mol. The Bertz CT molecular complexity index is 1460. The normalized spacial score (nSPS) is 9.88. The molecule has 0 spiro atoms. The minimum atomic E-state index is 0.681. The average Bonchev–Trinajstić information content (AvgIpc) is 3.50. The van der Waals surface area contributed by atoms with Crippen molar-refractivity contribution in [3.8, 4) is 0 Å². The summed E-state index contributed by atoms with van der Waals surface area (Å²) in [7, 11) is 0. The summed E-state index contributed by atoms with van der Waals surface area (Å²) < 4.78 is 4.66. The Hall–Kier alpha value is -3.86. The number of benzene rings is 4. The fourth-order valence-electron chi connectivity index (χ4n) is 3.72. The summed E-state index contributed by atoms with van der Waals surface area (Å²) in [6, 6.07) is 28.4. The van der Waals surface area contributed by atoms with Crippen LogP contribution in [-0.2, 0) is 0 Å². The maximum absolute atomic E-state index is 11.0. The van der Waals surface area contributed by atoms with Crippen LogP contribution in [0.4, 0.5) is 0 Å². The zero-order valence-corrected chi connectivity index (χ0v) is 20.3. The van der Waals surface area contributed by atoms with Gasteiger partial charge in [-0.3, -0.25) is 9.59 Å². The summed E-state index contributed by atoms with van der Waals surface area (Å²) in [5, 5.41) is 4.84. The fourth-order valence-corrected chi connectivity index (χ4v) is 6.08. The van der Waals surface area contributed by atoms with Crippen LogP contribution in [0.5, 0.6) is 0 Å². The molecule has 2 aromatic heterocycles. The van der Waals surface area contributed by atoms with Crippen molar-refractivity contribution >= 4 is 75.6 Å². The Kier molecular flexibility index (Phi) is 8.63. The highest BCUT2D eigenvalue weighted by atomic mass is 32.1. The van der Waals surface area contributed by atoms with Crippen molar-refractivity contribution < 1.29 is 9.59 Å². The number of hydrogen-bond acceptors (Lipinski definition) is 4. The molecule has 2 heterocycles. The highest BCUT2D eigenvalue weighted by Crippen LogP contribution is 2.37. The molecule has 0 bridgehead atoms. The number of carbonyl (C=O) groups is 2. The van der Waals surface area contributed by atoms with Crippen LogP contribution in [0.1, 0.15) is 20.7 Å². The maximum atomic E-state index is 11.0. The molecule has 4 aromatic carbocycles. The number of hydrogen-bond donors (Lipinski definition) is 0. The molecule has 0 aliphatic carbocycles. The fraction of sp³-hybridized carbons (Fsp3) is 0. The van der Waals surface area contributed by atoms with E-state index < -0.39 is 0 Å². The molecule has 0 saturated carbocycles. The van der Waals surface area contributed by atoms with Crippen LogP contribution in [0.3, 0.4) is 0 Å². The van der Waals surface area contributed by atoms with Gasteiger partial charge in [-0.15, -0.1) is 49.0 Å². The molecule has 2 nitrogen and oxygen atoms in total. The van der Waals surface area contributed by atoms with Gasteiger partial charge in [-0.25, -0.2) is 0 Å². The van der Waals surface area contributed by atoms with Gasteiger partial charge in [-0.2, -0.15) is 0 Å². The Labute approximate surface area is 207 Å². The molecule has 168 valence electrons. The van der Waals surface area contributed by atoms with Crippen molar-refractivity contribution in [1.29, 1.82) is 0 Å². The van der Waals surface area contributed by atoms with Crippen LogP contribution >= 0.6 is 22.7 Å². The molecule has 0 fully saturated rings. The molecular weight excluding hydrogens is 456 g/mol. The first-order valence-electron chi connectivity index (χ1n) is 10.5. The molecule has 6 aromatic rings. The summed E-state index contributed by atoms with van der Waals surface area (Å²) in [4.78, 5) is 22.0. The van der Waals surface area contributed by atoms with Crippen molar-refractivity contribution in [2.75, 3.05) is 0 Å². The third-order valence-electron chi connectivity index (χ3n) is 5.12. The van der Waals surface area contributed by atoms with Crippen LogP contribution in [0, 0.1) is 0 Å². The van der Waals surface area contributed by atoms with Crippen molar-refractivity contribution in [1.82, 2.24) is 0 Å². The van der Waals surface area contributed by atoms with Gasteiger partial charge >= 0.3 is 0 Å². The van der Waals surface area contributed by atoms with E-state index in [1.165, 1.54) is 31.5 Å². The van der Waals surface area contributed by atoms with Crippen molar-refractivity contribution in [2.45, 2.75) is 0 Å². The maximum Gasteiger partial charge on any atom is 0.151 e. The number of carbonyl (C=O) groups excluding carboxylic acids is 2. The van der Waals surface area contributed by atoms with Gasteiger partial charge in [0.1, 0.15) is 0 Å². The lowest BCUT2D eigenvalue weighted by atomic mass is 10.1. The molecule has 0 saturated heterocycles. The third-order valence-corrected chi connectivity index (χ3v) is 7.59. The summed E-state index contributed by atoms with van der Waals surface area (Å²) in [6.07, 6.45) is 1.72. The van der Waals surface area contributed by atoms with Gasteiger partial charge < -0.3 is 0 Å². The summed E-state index contributed by atoms with van der Waals surface area (Å²) in [5.74, 6) is 0. The predicted octanol–water partition coefficient (Wildman–Crippen LogP) is 9.34. The van der Waals surface area contributed by atoms with E-state index in [0.717, 1.165) is 32.7 Å². The van der Waals surface area contributed by atoms with E-state index in [1.54, 1.807) is 12.1 Å².